The van der Waals surface area contributed by atoms with Crippen molar-refractivity contribution < 1.29 is 39.3 Å². The molecule has 98 valence electrons. The molecule has 0 saturated heterocycles. The Morgan fingerprint density at radius 3 is 1.62 bits per heavy atom. The third-order valence-corrected chi connectivity index (χ3v) is 3.40. The Kier molecular flexibility index (Phi) is 3.88. The zero-order valence-corrected chi connectivity index (χ0v) is 9.02. The van der Waals surface area contributed by atoms with Gasteiger partial charge in [-0.25, -0.2) is 13.6 Å². The summed E-state index contributed by atoms with van der Waals surface area (Å²) >= 11 is -3.71. The largest absolute Gasteiger partial charge is 0.612 e. The maximum atomic E-state index is 12.6. The number of hydrogen-bond donors (Lipinski definition) is 1. The molecule has 0 spiro atoms. The van der Waals surface area contributed by atoms with Crippen LogP contribution >= 0.6 is 0 Å². The van der Waals surface area contributed by atoms with Crippen LogP contribution in [0.25, 0.3) is 0 Å². The molecule has 0 radical (unpaired) electrons. The molecular formula is C4H5F6NO3S2. The summed E-state index contributed by atoms with van der Waals surface area (Å²) < 4.78 is 105. The Bertz CT molecular complexity index is 366. The van der Waals surface area contributed by atoms with Crippen molar-refractivity contribution in [2.24, 2.45) is 5.14 Å². The highest BCUT2D eigenvalue weighted by Crippen LogP contribution is 2.49. The van der Waals surface area contributed by atoms with Crippen LogP contribution < -0.4 is 5.14 Å². The van der Waals surface area contributed by atoms with Crippen LogP contribution in [0.5, 0.6) is 0 Å². The van der Waals surface area contributed by atoms with Gasteiger partial charge in [-0.2, -0.15) is 17.6 Å². The molecule has 2 N–H and O–H groups in total. The van der Waals surface area contributed by atoms with E-state index in [0.717, 1.165) is 0 Å². The van der Waals surface area contributed by atoms with Crippen LogP contribution in [0.1, 0.15) is 0 Å². The molecule has 0 fully saturated rings. The van der Waals surface area contributed by atoms with Crippen LogP contribution in [0.2, 0.25) is 0 Å². The van der Waals surface area contributed by atoms with Gasteiger partial charge in [0.2, 0.25) is 0 Å². The maximum absolute atomic E-state index is 12.6. The summed E-state index contributed by atoms with van der Waals surface area (Å²) in [5.74, 6) is -6.38. The number of halogens is 6. The minimum absolute atomic E-state index is 0.0210. The minimum atomic E-state index is -6.38. The summed E-state index contributed by atoms with van der Waals surface area (Å²) in [6.45, 7) is 0. The smallest absolute Gasteiger partial charge is 0.478 e. The average molecular weight is 293 g/mol. The van der Waals surface area contributed by atoms with Crippen molar-refractivity contribution in [3.63, 3.8) is 0 Å². The Morgan fingerprint density at radius 2 is 1.44 bits per heavy atom. The zero-order valence-electron chi connectivity index (χ0n) is 7.39. The van der Waals surface area contributed by atoms with Gasteiger partial charge in [0.1, 0.15) is 6.26 Å². The van der Waals surface area contributed by atoms with E-state index < -0.39 is 37.6 Å². The predicted molar refractivity (Wildman–Crippen MR) is 42.0 cm³/mol. The van der Waals surface area contributed by atoms with Crippen molar-refractivity contribution in [1.82, 2.24) is 0 Å². The molecule has 12 heteroatoms. The van der Waals surface area contributed by atoms with E-state index in [9.17, 15) is 39.3 Å². The van der Waals surface area contributed by atoms with Crippen LogP contribution in [0.4, 0.5) is 26.3 Å². The van der Waals surface area contributed by atoms with Gasteiger partial charge in [-0.05, 0) is 0 Å². The molecule has 16 heavy (non-hydrogen) atoms. The van der Waals surface area contributed by atoms with Crippen molar-refractivity contribution in [2.75, 3.05) is 6.26 Å². The lowest BCUT2D eigenvalue weighted by molar-refractivity contribution is -0.243. The summed E-state index contributed by atoms with van der Waals surface area (Å²) in [7, 11) is -6.27. The number of nitrogens with two attached hydrogens (primary N) is 1. The first-order valence-corrected chi connectivity index (χ1v) is 6.29. The fraction of sp³-hybridized carbons (Fsp3) is 1.00. The maximum Gasteiger partial charge on any atom is 0.478 e. The zero-order chi connectivity index (χ0) is 13.6. The van der Waals surface area contributed by atoms with Gasteiger partial charge in [0.25, 0.3) is 10.0 Å². The minimum Gasteiger partial charge on any atom is -0.612 e. The predicted octanol–water partition coefficient (Wildman–Crippen LogP) is 0.474. The van der Waals surface area contributed by atoms with Crippen molar-refractivity contribution in [3.05, 3.63) is 0 Å². The number of rotatable bonds is 4. The van der Waals surface area contributed by atoms with Gasteiger partial charge < -0.3 is 4.55 Å². The molecule has 0 aromatic heterocycles. The van der Waals surface area contributed by atoms with Gasteiger partial charge in [0.15, 0.2) is 0 Å². The van der Waals surface area contributed by atoms with Gasteiger partial charge in [0, 0.05) is 11.2 Å². The number of hydrogen-bond acceptors (Lipinski definition) is 3. The van der Waals surface area contributed by atoms with Crippen molar-refractivity contribution in [1.29, 1.82) is 0 Å². The number of sulfonamides is 1. The quantitative estimate of drug-likeness (QED) is 0.604. The molecule has 0 bridgehead atoms. The molecule has 0 rings (SSSR count). The summed E-state index contributed by atoms with van der Waals surface area (Å²) in [5, 5.41) is -8.25. The molecule has 0 aromatic carbocycles. The molecule has 0 aliphatic heterocycles. The molecule has 0 amide bonds. The molecule has 0 aliphatic carbocycles. The molecule has 0 aliphatic rings. The van der Waals surface area contributed by atoms with Gasteiger partial charge >= 0.3 is 16.4 Å². The Hall–Kier alpha value is -0.200. The summed E-state index contributed by atoms with van der Waals surface area (Å²) in [6.07, 6.45) is 0.0210. The first-order chi connectivity index (χ1) is 6.69. The van der Waals surface area contributed by atoms with Crippen LogP contribution in [-0.4, -0.2) is 35.7 Å². The molecule has 1 atom stereocenters. The molecule has 0 saturated carbocycles. The molecule has 1 unspecified atom stereocenters. The molecular weight excluding hydrogens is 288 g/mol. The second kappa shape index (κ2) is 3.92. The van der Waals surface area contributed by atoms with E-state index in [0.29, 0.717) is 0 Å². The van der Waals surface area contributed by atoms with E-state index in [1.807, 2.05) is 0 Å². The van der Waals surface area contributed by atoms with Crippen molar-refractivity contribution in [3.8, 4) is 0 Å². The van der Waals surface area contributed by atoms with Gasteiger partial charge in [-0.1, -0.05) is 0 Å². The molecule has 0 aromatic rings. The third-order valence-electron chi connectivity index (χ3n) is 1.45. The lowest BCUT2D eigenvalue weighted by atomic mass is 10.3. The summed E-state index contributed by atoms with van der Waals surface area (Å²) in [6, 6.07) is 0. The molecule has 0 heterocycles. The van der Waals surface area contributed by atoms with Crippen LogP contribution in [0.3, 0.4) is 0 Å². The summed E-state index contributed by atoms with van der Waals surface area (Å²) in [4.78, 5) is 0. The fourth-order valence-corrected chi connectivity index (χ4v) is 1.57. The highest BCUT2D eigenvalue weighted by molar-refractivity contribution is 7.92. The van der Waals surface area contributed by atoms with E-state index >= 15 is 0 Å². The van der Waals surface area contributed by atoms with Gasteiger partial charge in [-0.3, -0.25) is 0 Å². The summed E-state index contributed by atoms with van der Waals surface area (Å²) in [5.41, 5.74) is 0. The average Bonchev–Trinajstić information content (AvgIpc) is 2.00. The normalized spacial score (nSPS) is 17.3. The first-order valence-electron chi connectivity index (χ1n) is 3.19. The Labute approximate surface area is 89.0 Å². The first kappa shape index (κ1) is 15.8. The molecule has 4 nitrogen and oxygen atoms in total. The Morgan fingerprint density at radius 1 is 1.12 bits per heavy atom. The highest BCUT2D eigenvalue weighted by Gasteiger charge is 2.81. The second-order valence-corrected chi connectivity index (χ2v) is 5.63. The lowest BCUT2D eigenvalue weighted by Gasteiger charge is -2.29. The second-order valence-electron chi connectivity index (χ2n) is 2.61. The van der Waals surface area contributed by atoms with E-state index in [4.69, 9.17) is 0 Å². The topological polar surface area (TPSA) is 83.2 Å². The third kappa shape index (κ3) is 2.10. The monoisotopic (exact) mass is 293 g/mol. The Balaban J connectivity index is 5.72. The van der Waals surface area contributed by atoms with E-state index in [1.165, 1.54) is 0 Å². The van der Waals surface area contributed by atoms with Crippen molar-refractivity contribution >= 4 is 21.2 Å². The van der Waals surface area contributed by atoms with E-state index in [-0.39, 0.29) is 6.26 Å². The number of primary sulfonamides is 1. The number of alkyl halides is 6. The standard InChI is InChI=1S/C4H5F6NO3S2/c1-15(12)3(7,8)2(5,6)4(9,10)16(11,13)14/h1H3,(H2,11,13,14). The van der Waals surface area contributed by atoms with E-state index in [1.54, 1.807) is 0 Å². The van der Waals surface area contributed by atoms with E-state index in [2.05, 4.69) is 5.14 Å². The van der Waals surface area contributed by atoms with Gasteiger partial charge in [-0.15, -0.1) is 8.78 Å². The van der Waals surface area contributed by atoms with Crippen LogP contribution in [-0.2, 0) is 21.2 Å². The van der Waals surface area contributed by atoms with Crippen molar-refractivity contribution in [2.45, 2.75) is 16.4 Å². The lowest BCUT2D eigenvalue weighted by Crippen LogP contribution is -2.61. The van der Waals surface area contributed by atoms with Gasteiger partial charge in [0.05, 0.1) is 0 Å². The fourth-order valence-electron chi connectivity index (χ4n) is 0.529. The highest BCUT2D eigenvalue weighted by atomic mass is 32.2. The SMILES string of the molecule is C[S+]([O-])C(F)(F)C(F)(F)C(F)(F)S(N)(=O)=O. The van der Waals surface area contributed by atoms with Crippen LogP contribution in [0, 0.1) is 0 Å². The van der Waals surface area contributed by atoms with Crippen LogP contribution in [0.15, 0.2) is 0 Å².